The van der Waals surface area contributed by atoms with Gasteiger partial charge in [0.25, 0.3) is 0 Å². The van der Waals surface area contributed by atoms with Crippen LogP contribution in [0.15, 0.2) is 0 Å². The maximum atomic E-state index is 9.91. The molecule has 51 valence electrons. The zero-order chi connectivity index (χ0) is 4.50. The van der Waals surface area contributed by atoms with E-state index in [0.717, 1.165) is 0 Å². The first-order valence-electron chi connectivity index (χ1n) is 0.756. The van der Waals surface area contributed by atoms with Crippen molar-refractivity contribution in [1.82, 2.24) is 0 Å². The van der Waals surface area contributed by atoms with Crippen LogP contribution in [0.2, 0.25) is 0 Å². The van der Waals surface area contributed by atoms with Crippen molar-refractivity contribution in [3.63, 3.8) is 0 Å². The van der Waals surface area contributed by atoms with Crippen molar-refractivity contribution < 1.29 is 71.8 Å². The third-order valence-corrected chi connectivity index (χ3v) is 0. The van der Waals surface area contributed by atoms with E-state index < -0.39 is 23.7 Å². The molecule has 0 aliphatic rings. The molecule has 0 bridgehead atoms. The first-order chi connectivity index (χ1) is 2.00. The Kier molecular flexibility index (Phi) is 73.0. The predicted octanol–water partition coefficient (Wildman–Crippen LogP) is -1.45. The first kappa shape index (κ1) is 36.0. The number of rotatable bonds is 0. The van der Waals surface area contributed by atoms with Crippen molar-refractivity contribution in [2.75, 3.05) is 0 Å². The molecule has 10 heavy (non-hydrogen) atoms. The Morgan fingerprint density at radius 3 is 0.900 bits per heavy atom. The number of hydrogen-bond donors (Lipinski definition) is 0. The summed E-state index contributed by atoms with van der Waals surface area (Å²) in [4.78, 5) is 0. The third-order valence-electron chi connectivity index (χ3n) is 0. The van der Waals surface area contributed by atoms with E-state index in [-0.39, 0.29) is 158 Å². The van der Waals surface area contributed by atoms with Gasteiger partial charge in [-0.25, -0.2) is 0 Å². The Hall–Kier alpha value is 5.82. The summed E-state index contributed by atoms with van der Waals surface area (Å²) in [5, 5.41) is 0. The van der Waals surface area contributed by atoms with Gasteiger partial charge >= 0.3 is 112 Å². The SMILES string of the molecule is [AlH3].[BaH2].[F][Pb]([F])([F])[F].[La].[NaH].[Zr]. The molecular weight excluding hydrogens is 701 g/mol. The average molecular weight is 707 g/mol. The second-order valence-corrected chi connectivity index (χ2v) is 3.76. The van der Waals surface area contributed by atoms with Gasteiger partial charge in [-0.2, -0.15) is 0 Å². The molecule has 1 radical (unpaired) electrons. The van der Waals surface area contributed by atoms with E-state index in [1.807, 2.05) is 0 Å². The molecule has 0 saturated heterocycles. The van der Waals surface area contributed by atoms with Crippen molar-refractivity contribution in [3.8, 4) is 0 Å². The van der Waals surface area contributed by atoms with Crippen LogP contribution in [0.5, 0.6) is 0 Å². The molecular formula is H6AlBaF4LaNaPbZr. The van der Waals surface area contributed by atoms with Crippen molar-refractivity contribution in [3.05, 3.63) is 0 Å². The molecule has 0 nitrogen and oxygen atoms in total. The first-order valence-corrected chi connectivity index (χ1v) is 6.63. The zero-order valence-electron chi connectivity index (χ0n) is 3.09. The van der Waals surface area contributed by atoms with Crippen LogP contribution >= 0.6 is 0 Å². The molecule has 0 amide bonds. The quantitative estimate of drug-likeness (QED) is 0.214. The largest absolute Gasteiger partial charge is 0 e. The Morgan fingerprint density at radius 2 is 0.900 bits per heavy atom. The van der Waals surface area contributed by atoms with Crippen LogP contribution in [0.1, 0.15) is 0 Å². The summed E-state index contributed by atoms with van der Waals surface area (Å²) in [5.41, 5.74) is 0. The minimum Gasteiger partial charge on any atom is 0 e. The predicted molar refractivity (Wildman–Crippen MR) is 35.8 cm³/mol. The van der Waals surface area contributed by atoms with Crippen LogP contribution in [0.4, 0.5) is 10.0 Å². The normalized spacial score (nSPS) is 6.00. The summed E-state index contributed by atoms with van der Waals surface area (Å²) in [6, 6.07) is 0. The van der Waals surface area contributed by atoms with E-state index in [4.69, 9.17) is 0 Å². The van der Waals surface area contributed by atoms with Gasteiger partial charge < -0.3 is 0 Å². The molecule has 0 spiro atoms. The van der Waals surface area contributed by atoms with Gasteiger partial charge in [-0.3, -0.25) is 0 Å². The van der Waals surface area contributed by atoms with Gasteiger partial charge in [0.1, 0.15) is 0 Å². The molecule has 10 heteroatoms. The van der Waals surface area contributed by atoms with Crippen LogP contribution in [0.25, 0.3) is 0 Å². The maximum absolute atomic E-state index is 9.91. The van der Waals surface area contributed by atoms with E-state index in [0.29, 0.717) is 0 Å². The fourth-order valence-electron chi connectivity index (χ4n) is 0. The molecule has 0 rings (SSSR count). The van der Waals surface area contributed by atoms with E-state index in [2.05, 4.69) is 0 Å². The number of halogens is 4. The van der Waals surface area contributed by atoms with Gasteiger partial charge in [0.2, 0.25) is 0 Å². The maximum Gasteiger partial charge on any atom is 0 e. The molecule has 0 aliphatic carbocycles. The van der Waals surface area contributed by atoms with Crippen LogP contribution in [0.3, 0.4) is 0 Å². The summed E-state index contributed by atoms with van der Waals surface area (Å²) in [5.74, 6) is 0. The number of hydrogen-bond acceptors (Lipinski definition) is 0. The molecule has 0 aromatic rings. The summed E-state index contributed by atoms with van der Waals surface area (Å²) in [6.07, 6.45) is 0. The van der Waals surface area contributed by atoms with E-state index in [9.17, 15) is 10.0 Å². The van der Waals surface area contributed by atoms with Gasteiger partial charge in [0.05, 0.1) is 0 Å². The summed E-state index contributed by atoms with van der Waals surface area (Å²) in [6.45, 7) is 0. The van der Waals surface area contributed by atoms with E-state index in [1.54, 1.807) is 0 Å². The topological polar surface area (TPSA) is 0 Å². The van der Waals surface area contributed by atoms with Gasteiger partial charge in [-0.15, -0.1) is 0 Å². The smallest absolute Gasteiger partial charge is 0 e. The van der Waals surface area contributed by atoms with Crippen LogP contribution in [0, 0.1) is 35.6 Å². The molecule has 0 heterocycles. The van der Waals surface area contributed by atoms with Crippen LogP contribution in [-0.4, -0.2) is 119 Å². The Bertz CT molecular complexity index is 40.7. The van der Waals surface area contributed by atoms with Crippen molar-refractivity contribution in [2.24, 2.45) is 0 Å². The summed E-state index contributed by atoms with van der Waals surface area (Å²) in [7, 11) is 0. The van der Waals surface area contributed by atoms with Gasteiger partial charge in [-0.05, 0) is 0 Å². The zero-order valence-corrected chi connectivity index (χ0v) is 13.1. The summed E-state index contributed by atoms with van der Waals surface area (Å²) >= 11 is -7.28. The molecule has 0 N–H and O–H groups in total. The van der Waals surface area contributed by atoms with E-state index >= 15 is 0 Å². The van der Waals surface area contributed by atoms with Crippen LogP contribution in [-0.2, 0) is 26.2 Å². The Balaban J connectivity index is -0.00000000800. The monoisotopic (exact) mass is 707 g/mol. The molecule has 0 aromatic heterocycles. The van der Waals surface area contributed by atoms with Gasteiger partial charge in [-0.1, -0.05) is 0 Å². The van der Waals surface area contributed by atoms with E-state index in [1.165, 1.54) is 0 Å². The minimum atomic E-state index is -7.28. The molecule has 0 unspecified atom stereocenters. The Labute approximate surface area is 185 Å². The van der Waals surface area contributed by atoms with Gasteiger partial charge in [0.15, 0.2) is 17.4 Å². The molecule has 0 saturated carbocycles. The van der Waals surface area contributed by atoms with Crippen molar-refractivity contribution >= 4 is 119 Å². The fourth-order valence-corrected chi connectivity index (χ4v) is 0. The molecule has 0 aliphatic heterocycles. The second-order valence-electron chi connectivity index (χ2n) is 0.429. The Morgan fingerprint density at radius 1 is 0.900 bits per heavy atom. The molecule has 0 aromatic carbocycles. The third kappa shape index (κ3) is 67.0. The standard InChI is InChI=1S/Al.Ba.4FH.La.Na.Pb.Zr.6H/h;;4*1H;;;;;;;;;;/q;;;;;;;;+4;;;;;;;/p-4. The minimum absolute atomic E-state index is 0. The van der Waals surface area contributed by atoms with Gasteiger partial charge in [0, 0.05) is 61.8 Å². The van der Waals surface area contributed by atoms with Crippen LogP contribution < -0.4 is 0 Å². The van der Waals surface area contributed by atoms with Crippen molar-refractivity contribution in [2.45, 2.75) is 0 Å². The second kappa shape index (κ2) is 20.3. The summed E-state index contributed by atoms with van der Waals surface area (Å²) < 4.78 is 39.6. The fraction of sp³-hybridized carbons (Fsp3) is 0. The van der Waals surface area contributed by atoms with Crippen molar-refractivity contribution in [1.29, 1.82) is 0 Å². The molecule has 0 fully saturated rings. The average Bonchev–Trinajstić information content (AvgIpc) is 0.722. The molecule has 0 atom stereocenters.